The van der Waals surface area contributed by atoms with Gasteiger partial charge < -0.3 is 34.1 Å². The number of carbonyl (C=O) groups excluding carboxylic acids is 1. The number of aromatic hydroxyl groups is 1. The molecule has 3 aliphatic heterocycles. The Kier molecular flexibility index (Phi) is 8.31. The number of phenolic OH excluding ortho intramolecular Hbond substituents is 1. The predicted molar refractivity (Wildman–Crippen MR) is 161 cm³/mol. The summed E-state index contributed by atoms with van der Waals surface area (Å²) in [5, 5.41) is 14.6. The number of likely N-dealkylation sites (tertiary alicyclic amines) is 1. The van der Waals surface area contributed by atoms with E-state index in [-0.39, 0.29) is 60.3 Å². The Hall–Kier alpha value is -3.66. The van der Waals surface area contributed by atoms with E-state index in [4.69, 9.17) is 23.7 Å². The predicted octanol–water partition coefficient (Wildman–Crippen LogP) is 4.79. The molecule has 3 aromatic carbocycles. The first kappa shape index (κ1) is 29.4. The maximum atomic E-state index is 13.4. The van der Waals surface area contributed by atoms with Crippen molar-refractivity contribution in [1.82, 2.24) is 10.2 Å². The van der Waals surface area contributed by atoms with Crippen molar-refractivity contribution < 1.29 is 33.6 Å². The van der Waals surface area contributed by atoms with Crippen LogP contribution in [0.4, 0.5) is 0 Å². The molecular weight excluding hydrogens is 572 g/mol. The highest BCUT2D eigenvalue weighted by atomic mass is 35.5. The molecule has 228 valence electrons. The molecule has 2 saturated heterocycles. The molecule has 7 rings (SSSR count). The lowest BCUT2D eigenvalue weighted by Crippen LogP contribution is -2.48. The number of ether oxygens (including phenoxy) is 5. The van der Waals surface area contributed by atoms with Crippen LogP contribution in [0.3, 0.4) is 0 Å². The fraction of sp³-hybridized carbons (Fsp3) is 0.424. The van der Waals surface area contributed by atoms with E-state index in [9.17, 15) is 9.90 Å². The zero-order chi connectivity index (χ0) is 28.8. The maximum Gasteiger partial charge on any atom is 0.310 e. The molecule has 0 amide bonds. The number of halogens is 1. The standard InChI is InChI=1S/C33H36N2O7.ClH/c1-38-27-12-20(13-28(39-2)32(27)36)29-22-14-25-26(42-18-41-25)15-23(22)31(24-17-40-33(37)30(24)29)34-21-8-10-35(11-9-21)16-19-6-4-3-5-7-19;/h3-7,12-15,21,24,29-31,34,36H,8-11,16-18H2,1-2H3;1H/t24?,29-,30-,31+;/m0./s1. The second-order valence-electron chi connectivity index (χ2n) is 11.6. The normalized spacial score (nSPS) is 24.5. The number of benzene rings is 3. The quantitative estimate of drug-likeness (QED) is 0.367. The van der Waals surface area contributed by atoms with Crippen molar-refractivity contribution in [2.45, 2.75) is 37.4 Å². The molecule has 1 aliphatic carbocycles. The average Bonchev–Trinajstić information content (AvgIpc) is 3.64. The molecule has 10 heteroatoms. The summed E-state index contributed by atoms with van der Waals surface area (Å²) >= 11 is 0. The van der Waals surface area contributed by atoms with Gasteiger partial charge in [-0.15, -0.1) is 12.4 Å². The van der Waals surface area contributed by atoms with E-state index in [0.717, 1.165) is 49.2 Å². The van der Waals surface area contributed by atoms with Gasteiger partial charge in [-0.1, -0.05) is 30.3 Å². The van der Waals surface area contributed by atoms with Crippen molar-refractivity contribution in [3.8, 4) is 28.7 Å². The van der Waals surface area contributed by atoms with Crippen LogP contribution in [0.1, 0.15) is 47.1 Å². The van der Waals surface area contributed by atoms with Gasteiger partial charge in [0.15, 0.2) is 23.0 Å². The minimum atomic E-state index is -0.424. The van der Waals surface area contributed by atoms with Gasteiger partial charge in [-0.05, 0) is 72.5 Å². The van der Waals surface area contributed by atoms with Crippen LogP contribution in [-0.4, -0.2) is 62.7 Å². The molecule has 0 spiro atoms. The van der Waals surface area contributed by atoms with Crippen molar-refractivity contribution in [2.24, 2.45) is 11.8 Å². The van der Waals surface area contributed by atoms with Crippen LogP contribution >= 0.6 is 12.4 Å². The number of phenols is 1. The number of fused-ring (bicyclic) bond motifs is 3. The van der Waals surface area contributed by atoms with Crippen molar-refractivity contribution in [2.75, 3.05) is 40.7 Å². The molecule has 4 atom stereocenters. The van der Waals surface area contributed by atoms with E-state index in [2.05, 4.69) is 46.6 Å². The van der Waals surface area contributed by atoms with E-state index >= 15 is 0 Å². The first-order chi connectivity index (χ1) is 20.5. The highest BCUT2D eigenvalue weighted by molar-refractivity contribution is 5.85. The Labute approximate surface area is 257 Å². The van der Waals surface area contributed by atoms with Gasteiger partial charge in [-0.25, -0.2) is 0 Å². The van der Waals surface area contributed by atoms with Crippen LogP contribution in [0.25, 0.3) is 0 Å². The number of hydrogen-bond donors (Lipinski definition) is 2. The van der Waals surface area contributed by atoms with Gasteiger partial charge >= 0.3 is 5.97 Å². The van der Waals surface area contributed by atoms with Gasteiger partial charge in [-0.3, -0.25) is 9.69 Å². The Bertz CT molecular complexity index is 1450. The number of methoxy groups -OCH3 is 2. The minimum absolute atomic E-state index is 0. The van der Waals surface area contributed by atoms with E-state index < -0.39 is 5.92 Å². The number of esters is 1. The largest absolute Gasteiger partial charge is 0.502 e. The molecule has 4 aliphatic rings. The zero-order valence-electron chi connectivity index (χ0n) is 24.3. The van der Waals surface area contributed by atoms with Gasteiger partial charge in [-0.2, -0.15) is 0 Å². The second kappa shape index (κ2) is 12.1. The van der Waals surface area contributed by atoms with Crippen molar-refractivity contribution >= 4 is 18.4 Å². The number of nitrogens with zero attached hydrogens (tertiary/aromatic N) is 1. The summed E-state index contributed by atoms with van der Waals surface area (Å²) in [6.45, 7) is 3.47. The molecule has 0 aromatic heterocycles. The van der Waals surface area contributed by atoms with E-state index in [0.29, 0.717) is 24.1 Å². The highest BCUT2D eigenvalue weighted by Gasteiger charge is 2.53. The SMILES string of the molecule is COc1cc([C@H]2c3cc4c(cc3[C@@H](NC3CCN(Cc5ccccc5)CC3)C3COC(=O)[C@@H]32)OCO4)cc(OC)c1O.Cl. The van der Waals surface area contributed by atoms with E-state index in [1.54, 1.807) is 12.1 Å². The van der Waals surface area contributed by atoms with E-state index in [1.807, 2.05) is 6.07 Å². The number of hydrogen-bond acceptors (Lipinski definition) is 9. The zero-order valence-corrected chi connectivity index (χ0v) is 25.1. The van der Waals surface area contributed by atoms with Gasteiger partial charge in [0.1, 0.15) is 0 Å². The van der Waals surface area contributed by atoms with Crippen LogP contribution in [0, 0.1) is 11.8 Å². The lowest BCUT2D eigenvalue weighted by atomic mass is 9.65. The number of carbonyl (C=O) groups is 1. The lowest BCUT2D eigenvalue weighted by molar-refractivity contribution is -0.141. The Morgan fingerprint density at radius 3 is 2.23 bits per heavy atom. The van der Waals surface area contributed by atoms with Crippen LogP contribution in [0.15, 0.2) is 54.6 Å². The Balaban J connectivity index is 0.00000329. The smallest absolute Gasteiger partial charge is 0.310 e. The number of piperidine rings is 1. The first-order valence-electron chi connectivity index (χ1n) is 14.6. The summed E-state index contributed by atoms with van der Waals surface area (Å²) in [5.74, 6) is 0.808. The summed E-state index contributed by atoms with van der Waals surface area (Å²) in [5.41, 5.74) is 4.21. The number of cyclic esters (lactones) is 1. The summed E-state index contributed by atoms with van der Waals surface area (Å²) in [6.07, 6.45) is 2.04. The summed E-state index contributed by atoms with van der Waals surface area (Å²) in [7, 11) is 3.01. The maximum absolute atomic E-state index is 13.4. The summed E-state index contributed by atoms with van der Waals surface area (Å²) in [4.78, 5) is 15.9. The van der Waals surface area contributed by atoms with Crippen LogP contribution in [-0.2, 0) is 16.1 Å². The first-order valence-corrected chi connectivity index (χ1v) is 14.6. The molecule has 0 bridgehead atoms. The van der Waals surface area contributed by atoms with Gasteiger partial charge in [0, 0.05) is 30.5 Å². The van der Waals surface area contributed by atoms with Crippen molar-refractivity contribution in [3.63, 3.8) is 0 Å². The monoisotopic (exact) mass is 608 g/mol. The highest BCUT2D eigenvalue weighted by Crippen LogP contribution is 2.55. The molecule has 3 heterocycles. The van der Waals surface area contributed by atoms with E-state index in [1.165, 1.54) is 19.8 Å². The lowest BCUT2D eigenvalue weighted by Gasteiger charge is -2.42. The molecule has 2 N–H and O–H groups in total. The summed E-state index contributed by atoms with van der Waals surface area (Å²) in [6, 6.07) is 18.5. The number of nitrogens with one attached hydrogen (secondary N) is 1. The molecular formula is C33H37ClN2O7. The van der Waals surface area contributed by atoms with Crippen molar-refractivity contribution in [1.29, 1.82) is 0 Å². The fourth-order valence-corrected chi connectivity index (χ4v) is 7.22. The number of rotatable bonds is 7. The van der Waals surface area contributed by atoms with Crippen LogP contribution in [0.2, 0.25) is 0 Å². The molecule has 43 heavy (non-hydrogen) atoms. The molecule has 3 aromatic rings. The molecule has 9 nitrogen and oxygen atoms in total. The third kappa shape index (κ3) is 5.34. The summed E-state index contributed by atoms with van der Waals surface area (Å²) < 4.78 is 28.3. The van der Waals surface area contributed by atoms with Gasteiger partial charge in [0.2, 0.25) is 12.5 Å². The fourth-order valence-electron chi connectivity index (χ4n) is 7.22. The average molecular weight is 609 g/mol. The van der Waals surface area contributed by atoms with Crippen LogP contribution in [0.5, 0.6) is 28.7 Å². The van der Waals surface area contributed by atoms with Gasteiger partial charge in [0.05, 0.1) is 26.7 Å². The third-order valence-corrected chi connectivity index (χ3v) is 9.30. The minimum Gasteiger partial charge on any atom is -0.502 e. The third-order valence-electron chi connectivity index (χ3n) is 9.30. The molecule has 1 unspecified atom stereocenters. The van der Waals surface area contributed by atoms with Gasteiger partial charge in [0.25, 0.3) is 0 Å². The molecule has 2 fully saturated rings. The second-order valence-corrected chi connectivity index (χ2v) is 11.6. The van der Waals surface area contributed by atoms with Crippen molar-refractivity contribution in [3.05, 3.63) is 76.9 Å². The molecule has 0 radical (unpaired) electrons. The molecule has 0 saturated carbocycles. The topological polar surface area (TPSA) is 98.7 Å². The Morgan fingerprint density at radius 1 is 0.930 bits per heavy atom. The Morgan fingerprint density at radius 2 is 1.58 bits per heavy atom. The van der Waals surface area contributed by atoms with Crippen LogP contribution < -0.4 is 24.3 Å².